The van der Waals surface area contributed by atoms with E-state index in [4.69, 9.17) is 0 Å². The largest absolute Gasteiger partial charge is 0.469 e. The summed E-state index contributed by atoms with van der Waals surface area (Å²) in [4.78, 5) is 25.3. The molecular weight excluding hydrogens is 350 g/mol. The van der Waals surface area contributed by atoms with Gasteiger partial charge in [-0.15, -0.1) is 0 Å². The van der Waals surface area contributed by atoms with Gasteiger partial charge < -0.3 is 14.7 Å². The average Bonchev–Trinajstić information content (AvgIpc) is 3.46. The minimum absolute atomic E-state index is 0.113. The number of methoxy groups -OCH3 is 1. The molecule has 2 rings (SSSR count). The minimum atomic E-state index is -0.387. The van der Waals surface area contributed by atoms with Gasteiger partial charge >= 0.3 is 5.97 Å². The molecule has 1 heterocycles. The van der Waals surface area contributed by atoms with Gasteiger partial charge in [-0.3, -0.25) is 9.59 Å². The Kier molecular flexibility index (Phi) is 9.54. The molecule has 2 atom stereocenters. The van der Waals surface area contributed by atoms with Crippen LogP contribution in [-0.2, 0) is 14.3 Å². The number of carbonyl (C=O) groups excluding carboxylic acids is 2. The molecule has 0 spiro atoms. The van der Waals surface area contributed by atoms with E-state index < -0.39 is 0 Å². The Hall–Kier alpha value is -1.01. The molecule has 0 aromatic heterocycles. The van der Waals surface area contributed by atoms with Crippen LogP contribution in [0.2, 0.25) is 0 Å². The Morgan fingerprint density at radius 1 is 1.38 bits per heavy atom. The number of hydrogen-bond acceptors (Lipinski definition) is 5. The number of carbonyl (C=O) groups is 2. The molecule has 0 aromatic rings. The highest BCUT2D eigenvalue weighted by Gasteiger charge is 2.26. The van der Waals surface area contributed by atoms with Crippen molar-refractivity contribution in [2.24, 2.45) is 5.92 Å². The molecule has 1 N–H and O–H groups in total. The van der Waals surface area contributed by atoms with Crippen LogP contribution in [0.5, 0.6) is 0 Å². The molecule has 5 nitrogen and oxygen atoms in total. The Morgan fingerprint density at radius 3 is 2.92 bits per heavy atom. The monoisotopic (exact) mass is 383 g/mol. The van der Waals surface area contributed by atoms with Gasteiger partial charge in [-0.25, -0.2) is 0 Å². The Labute approximate surface area is 161 Å². The number of thioether (sulfide) groups is 1. The van der Waals surface area contributed by atoms with Crippen molar-refractivity contribution < 1.29 is 19.4 Å². The van der Waals surface area contributed by atoms with E-state index in [-0.39, 0.29) is 24.0 Å². The van der Waals surface area contributed by atoms with Crippen LogP contribution in [-0.4, -0.2) is 59.2 Å². The van der Waals surface area contributed by atoms with Crippen LogP contribution in [0.25, 0.3) is 0 Å². The second-order valence-electron chi connectivity index (χ2n) is 7.31. The first kappa shape index (κ1) is 21.3. The quantitative estimate of drug-likeness (QED) is 0.319. The third kappa shape index (κ3) is 8.12. The second-order valence-corrected chi connectivity index (χ2v) is 8.54. The van der Waals surface area contributed by atoms with Gasteiger partial charge in [0.1, 0.15) is 0 Å². The lowest BCUT2D eigenvalue weighted by atomic mass is 10.00. The fourth-order valence-electron chi connectivity index (χ4n) is 3.29. The lowest BCUT2D eigenvalue weighted by Crippen LogP contribution is -2.43. The SMILES string of the molecule is COC(=O)CCCSCCN1C(=O)CCC[C@@H]1C=CC(O)CCC1CC1. The van der Waals surface area contributed by atoms with E-state index in [1.54, 1.807) is 11.8 Å². The lowest BCUT2D eigenvalue weighted by molar-refractivity contribution is -0.140. The Bertz CT molecular complexity index is 478. The lowest BCUT2D eigenvalue weighted by Gasteiger charge is -2.34. The number of hydrogen-bond donors (Lipinski definition) is 1. The predicted octanol–water partition coefficient (Wildman–Crippen LogP) is 3.16. The molecule has 1 saturated carbocycles. The maximum Gasteiger partial charge on any atom is 0.305 e. The van der Waals surface area contributed by atoms with E-state index in [1.165, 1.54) is 20.0 Å². The van der Waals surface area contributed by atoms with Crippen molar-refractivity contribution in [3.05, 3.63) is 12.2 Å². The van der Waals surface area contributed by atoms with Crippen molar-refractivity contribution in [3.63, 3.8) is 0 Å². The fraction of sp³-hybridized carbons (Fsp3) is 0.800. The zero-order valence-corrected chi connectivity index (χ0v) is 16.7. The maximum atomic E-state index is 12.3. The number of esters is 1. The first-order valence-electron chi connectivity index (χ1n) is 9.90. The smallest absolute Gasteiger partial charge is 0.305 e. The van der Waals surface area contributed by atoms with Gasteiger partial charge in [0, 0.05) is 25.1 Å². The molecule has 6 heteroatoms. The Morgan fingerprint density at radius 2 is 2.19 bits per heavy atom. The summed E-state index contributed by atoms with van der Waals surface area (Å²) in [5.74, 6) is 2.66. The van der Waals surface area contributed by atoms with Crippen LogP contribution in [0.4, 0.5) is 0 Å². The first-order valence-corrected chi connectivity index (χ1v) is 11.1. The average molecular weight is 384 g/mol. The number of amides is 1. The maximum absolute atomic E-state index is 12.3. The summed E-state index contributed by atoms with van der Waals surface area (Å²) in [6.07, 6.45) is 11.9. The summed E-state index contributed by atoms with van der Waals surface area (Å²) in [5, 5.41) is 10.1. The van der Waals surface area contributed by atoms with Crippen LogP contribution < -0.4 is 0 Å². The van der Waals surface area contributed by atoms with Crippen molar-refractivity contribution in [3.8, 4) is 0 Å². The first-order chi connectivity index (χ1) is 12.6. The Balaban J connectivity index is 1.68. The van der Waals surface area contributed by atoms with Crippen molar-refractivity contribution in [2.45, 2.75) is 69.9 Å². The number of rotatable bonds is 12. The zero-order valence-electron chi connectivity index (χ0n) is 15.9. The molecule has 1 amide bonds. The zero-order chi connectivity index (χ0) is 18.8. The number of piperidine rings is 1. The number of nitrogens with zero attached hydrogens (tertiary/aromatic N) is 1. The van der Waals surface area contributed by atoms with Gasteiger partial charge in [-0.05, 0) is 43.8 Å². The van der Waals surface area contributed by atoms with Gasteiger partial charge in [0.15, 0.2) is 0 Å². The van der Waals surface area contributed by atoms with Gasteiger partial charge in [0.25, 0.3) is 0 Å². The van der Waals surface area contributed by atoms with Gasteiger partial charge in [-0.1, -0.05) is 25.0 Å². The van der Waals surface area contributed by atoms with Crippen LogP contribution in [0, 0.1) is 5.92 Å². The van der Waals surface area contributed by atoms with Gasteiger partial charge in [0.2, 0.25) is 5.91 Å². The number of aliphatic hydroxyl groups excluding tert-OH is 1. The van der Waals surface area contributed by atoms with E-state index in [2.05, 4.69) is 4.74 Å². The molecule has 1 aliphatic heterocycles. The van der Waals surface area contributed by atoms with E-state index >= 15 is 0 Å². The number of aliphatic hydroxyl groups is 1. The van der Waals surface area contributed by atoms with Crippen molar-refractivity contribution in [1.82, 2.24) is 4.90 Å². The molecule has 1 saturated heterocycles. The molecule has 26 heavy (non-hydrogen) atoms. The van der Waals surface area contributed by atoms with Gasteiger partial charge in [-0.2, -0.15) is 11.8 Å². The summed E-state index contributed by atoms with van der Waals surface area (Å²) in [7, 11) is 1.41. The van der Waals surface area contributed by atoms with E-state index in [0.29, 0.717) is 12.8 Å². The second kappa shape index (κ2) is 11.7. The predicted molar refractivity (Wildman–Crippen MR) is 105 cm³/mol. The molecule has 0 bridgehead atoms. The third-order valence-electron chi connectivity index (χ3n) is 5.11. The number of likely N-dealkylation sites (tertiary alicyclic amines) is 1. The molecule has 2 fully saturated rings. The molecule has 1 aliphatic carbocycles. The number of ether oxygens (including phenoxy) is 1. The standard InChI is InChI=1S/C20H33NO4S/c1-25-20(24)6-3-14-26-15-13-21-17(4-2-5-19(21)23)10-12-18(22)11-9-16-7-8-16/h10,12,16-18,22H,2-9,11,13-15H2,1H3/t17-,18?/m1/s1. The molecule has 148 valence electrons. The summed E-state index contributed by atoms with van der Waals surface area (Å²) in [5.41, 5.74) is 0. The highest BCUT2D eigenvalue weighted by Crippen LogP contribution is 2.34. The van der Waals surface area contributed by atoms with Gasteiger partial charge in [0.05, 0.1) is 19.3 Å². The van der Waals surface area contributed by atoms with Crippen molar-refractivity contribution >= 4 is 23.6 Å². The summed E-state index contributed by atoms with van der Waals surface area (Å²) in [6.45, 7) is 0.731. The molecular formula is C20H33NO4S. The molecule has 0 aromatic carbocycles. The highest BCUT2D eigenvalue weighted by molar-refractivity contribution is 7.99. The van der Waals surface area contributed by atoms with E-state index in [1.807, 2.05) is 17.1 Å². The summed E-state index contributed by atoms with van der Waals surface area (Å²) < 4.78 is 4.63. The van der Waals surface area contributed by atoms with Crippen LogP contribution in [0.1, 0.15) is 57.8 Å². The van der Waals surface area contributed by atoms with E-state index in [0.717, 1.165) is 56.1 Å². The molecule has 0 radical (unpaired) electrons. The summed E-state index contributed by atoms with van der Waals surface area (Å²) >= 11 is 1.77. The fourth-order valence-corrected chi connectivity index (χ4v) is 4.17. The highest BCUT2D eigenvalue weighted by atomic mass is 32.2. The topological polar surface area (TPSA) is 66.8 Å². The van der Waals surface area contributed by atoms with Crippen molar-refractivity contribution in [1.29, 1.82) is 0 Å². The van der Waals surface area contributed by atoms with Crippen LogP contribution in [0.3, 0.4) is 0 Å². The van der Waals surface area contributed by atoms with Crippen LogP contribution >= 0.6 is 11.8 Å². The third-order valence-corrected chi connectivity index (χ3v) is 6.16. The molecule has 2 aliphatic rings. The van der Waals surface area contributed by atoms with Crippen LogP contribution in [0.15, 0.2) is 12.2 Å². The molecule has 1 unspecified atom stereocenters. The summed E-state index contributed by atoms with van der Waals surface area (Å²) in [6, 6.07) is 0.113. The van der Waals surface area contributed by atoms with E-state index in [9.17, 15) is 14.7 Å². The van der Waals surface area contributed by atoms with Crippen molar-refractivity contribution in [2.75, 3.05) is 25.2 Å². The minimum Gasteiger partial charge on any atom is -0.469 e. The normalized spacial score (nSPS) is 22.0.